The summed E-state index contributed by atoms with van der Waals surface area (Å²) in [6.45, 7) is 0. The van der Waals surface area contributed by atoms with Gasteiger partial charge in [0.15, 0.2) is 0 Å². The topological polar surface area (TPSA) is 155 Å². The summed E-state index contributed by atoms with van der Waals surface area (Å²) in [5.74, 6) is 0. The lowest BCUT2D eigenvalue weighted by Crippen LogP contribution is -2.78. The second kappa shape index (κ2) is 13.1. The van der Waals surface area contributed by atoms with E-state index in [1.54, 1.807) is 74.4 Å². The van der Waals surface area contributed by atoms with Gasteiger partial charge >= 0.3 is 0 Å². The van der Waals surface area contributed by atoms with Gasteiger partial charge in [0.2, 0.25) is 0 Å². The molecule has 0 N–H and O–H groups in total. The van der Waals surface area contributed by atoms with Crippen LogP contribution in [0.1, 0.15) is 0 Å². The van der Waals surface area contributed by atoms with E-state index in [0.29, 0.717) is 66.8 Å². The van der Waals surface area contributed by atoms with Gasteiger partial charge in [-0.25, -0.2) is 0 Å². The number of rotatable bonds is 8. The fourth-order valence-corrected chi connectivity index (χ4v) is 9.32. The van der Waals surface area contributed by atoms with Crippen LogP contribution in [0.4, 0.5) is 0 Å². The second-order valence-electron chi connectivity index (χ2n) is 10.8. The minimum Gasteiger partial charge on any atom is -0.261 e. The van der Waals surface area contributed by atoms with Crippen molar-refractivity contribution in [2.45, 2.75) is 0 Å². The van der Waals surface area contributed by atoms with Gasteiger partial charge in [0, 0.05) is 49.6 Å². The Balaban J connectivity index is 1.47. The Morgan fingerprint density at radius 3 is 0.776 bits per heavy atom. The van der Waals surface area contributed by atoms with Crippen LogP contribution >= 0.6 is 0 Å². The van der Waals surface area contributed by atoms with Gasteiger partial charge in [-0.05, 0) is 48.5 Å². The molecule has 0 fully saturated rings. The van der Waals surface area contributed by atoms with Crippen molar-refractivity contribution in [1.29, 1.82) is 0 Å². The highest BCUT2D eigenvalue weighted by atomic mass is 28.3. The molecule has 0 bridgehead atoms. The summed E-state index contributed by atoms with van der Waals surface area (Å²) in [5.41, 5.74) is 4.95. The molecule has 0 aliphatic heterocycles. The van der Waals surface area contributed by atoms with E-state index < -0.39 is 8.07 Å². The largest absolute Gasteiger partial charge is 0.271 e. The Morgan fingerprint density at radius 1 is 0.286 bits per heavy atom. The highest BCUT2D eigenvalue weighted by molar-refractivity contribution is 7.18. The van der Waals surface area contributed by atoms with Crippen LogP contribution in [0, 0.1) is 0 Å². The number of aromatic nitrogens is 12. The van der Waals surface area contributed by atoms with Gasteiger partial charge in [0.05, 0.1) is 68.8 Å². The third-order valence-corrected chi connectivity index (χ3v) is 11.8. The molecule has 0 unspecified atom stereocenters. The van der Waals surface area contributed by atoms with Gasteiger partial charge in [-0.15, -0.1) is 0 Å². The lowest BCUT2D eigenvalue weighted by atomic mass is 10.3. The van der Waals surface area contributed by atoms with Crippen LogP contribution < -0.4 is 21.3 Å². The average Bonchev–Trinajstić information content (AvgIpc) is 3.20. The molecule has 0 saturated carbocycles. The van der Waals surface area contributed by atoms with Gasteiger partial charge in [-0.2, -0.15) is 0 Å². The van der Waals surface area contributed by atoms with Gasteiger partial charge in [-0.1, -0.05) is 24.3 Å². The van der Waals surface area contributed by atoms with E-state index in [1.165, 1.54) is 0 Å². The standard InChI is InChI=1S/C36H24N12Si/c1-5-13-41-25(9-1)29-17-37-21-33(45-29)49(34-22-38-18-30(46-34)26-10-2-6-14-42-26,35-23-39-19-31(47-35)27-11-3-7-15-43-27)36-24-40-20-32(48-36)28-12-4-8-16-44-28/h1-24H. The minimum absolute atomic E-state index is 0.575. The van der Waals surface area contributed by atoms with Crippen LogP contribution in [-0.2, 0) is 0 Å². The van der Waals surface area contributed by atoms with E-state index >= 15 is 0 Å². The van der Waals surface area contributed by atoms with Crippen LogP contribution in [0.3, 0.4) is 0 Å². The first-order chi connectivity index (χ1) is 24.3. The van der Waals surface area contributed by atoms with Crippen molar-refractivity contribution in [3.05, 3.63) is 147 Å². The summed E-state index contributed by atoms with van der Waals surface area (Å²) in [4.78, 5) is 58.0. The fraction of sp³-hybridized carbons (Fsp3) is 0. The molecular weight excluding hydrogens is 629 g/mol. The van der Waals surface area contributed by atoms with E-state index in [4.69, 9.17) is 39.9 Å². The predicted molar refractivity (Wildman–Crippen MR) is 185 cm³/mol. The van der Waals surface area contributed by atoms with Crippen LogP contribution in [0.25, 0.3) is 45.6 Å². The Labute approximate surface area is 281 Å². The summed E-state index contributed by atoms with van der Waals surface area (Å²) in [7, 11) is -3.76. The summed E-state index contributed by atoms with van der Waals surface area (Å²) in [6.07, 6.45) is 20.6. The Hall–Kier alpha value is -6.86. The Kier molecular flexibility index (Phi) is 7.89. The van der Waals surface area contributed by atoms with Crippen molar-refractivity contribution in [2.75, 3.05) is 0 Å². The molecule has 12 nitrogen and oxygen atoms in total. The number of hydrogen-bond donors (Lipinski definition) is 0. The van der Waals surface area contributed by atoms with Gasteiger partial charge in [0.1, 0.15) is 22.8 Å². The first-order valence-electron chi connectivity index (χ1n) is 15.2. The molecule has 8 heterocycles. The molecule has 0 atom stereocenters. The lowest BCUT2D eigenvalue weighted by Gasteiger charge is -2.29. The van der Waals surface area contributed by atoms with E-state index in [2.05, 4.69) is 19.9 Å². The van der Waals surface area contributed by atoms with Gasteiger partial charge < -0.3 is 0 Å². The number of hydrogen-bond acceptors (Lipinski definition) is 12. The molecule has 0 aliphatic rings. The molecule has 49 heavy (non-hydrogen) atoms. The maximum Gasteiger partial charge on any atom is 0.271 e. The van der Waals surface area contributed by atoms with Crippen LogP contribution in [0.5, 0.6) is 0 Å². The summed E-state index contributed by atoms with van der Waals surface area (Å²) in [6, 6.07) is 22.6. The molecule has 0 aromatic carbocycles. The first-order valence-corrected chi connectivity index (χ1v) is 17.2. The zero-order chi connectivity index (χ0) is 32.9. The van der Waals surface area contributed by atoms with Crippen LogP contribution in [0.2, 0.25) is 0 Å². The number of nitrogens with zero attached hydrogens (tertiary/aromatic N) is 12. The molecule has 0 spiro atoms. The Bertz CT molecular complexity index is 2010. The Morgan fingerprint density at radius 2 is 0.551 bits per heavy atom. The van der Waals surface area contributed by atoms with Crippen molar-refractivity contribution in [1.82, 2.24) is 59.8 Å². The third-order valence-electron chi connectivity index (χ3n) is 7.78. The number of pyridine rings is 4. The molecule has 0 amide bonds. The maximum absolute atomic E-state index is 5.24. The SMILES string of the molecule is c1ccc(-c2cncc([Si](c3cncc(-c4ccccn4)n3)(c3cncc(-c4ccccn4)n3)c3cncc(-c4ccccn4)n3)n2)nc1. The molecule has 8 aromatic heterocycles. The summed E-state index contributed by atoms with van der Waals surface area (Å²) in [5, 5.41) is 2.34. The van der Waals surface area contributed by atoms with Crippen molar-refractivity contribution in [3.63, 3.8) is 0 Å². The highest BCUT2D eigenvalue weighted by Gasteiger charge is 2.50. The summed E-state index contributed by atoms with van der Waals surface area (Å²) < 4.78 is 0. The molecule has 0 radical (unpaired) electrons. The van der Waals surface area contributed by atoms with Crippen molar-refractivity contribution < 1.29 is 0 Å². The molecule has 232 valence electrons. The first kappa shape index (κ1) is 29.5. The van der Waals surface area contributed by atoms with Crippen molar-refractivity contribution in [2.24, 2.45) is 0 Å². The van der Waals surface area contributed by atoms with Gasteiger partial charge in [0.25, 0.3) is 8.07 Å². The van der Waals surface area contributed by atoms with Crippen molar-refractivity contribution in [3.8, 4) is 45.6 Å². The summed E-state index contributed by atoms with van der Waals surface area (Å²) >= 11 is 0. The monoisotopic (exact) mass is 652 g/mol. The van der Waals surface area contributed by atoms with Crippen molar-refractivity contribution >= 4 is 29.3 Å². The highest BCUT2D eigenvalue weighted by Crippen LogP contribution is 2.17. The lowest BCUT2D eigenvalue weighted by molar-refractivity contribution is 1.16. The smallest absolute Gasteiger partial charge is 0.261 e. The normalized spacial score (nSPS) is 11.3. The molecular formula is C36H24N12Si. The zero-order valence-corrected chi connectivity index (χ0v) is 26.7. The van der Waals surface area contributed by atoms with E-state index in [-0.39, 0.29) is 0 Å². The molecule has 0 saturated heterocycles. The second-order valence-corrected chi connectivity index (χ2v) is 14.3. The molecule has 0 aliphatic carbocycles. The van der Waals surface area contributed by atoms with E-state index in [9.17, 15) is 0 Å². The van der Waals surface area contributed by atoms with E-state index in [1.807, 2.05) is 72.8 Å². The predicted octanol–water partition coefficient (Wildman–Crippen LogP) is 2.47. The molecule has 8 aromatic rings. The van der Waals surface area contributed by atoms with Gasteiger partial charge in [-0.3, -0.25) is 59.8 Å². The van der Waals surface area contributed by atoms with E-state index in [0.717, 1.165) is 0 Å². The fourth-order valence-electron chi connectivity index (χ4n) is 5.52. The quantitative estimate of drug-likeness (QED) is 0.222. The van der Waals surface area contributed by atoms with Crippen LogP contribution in [0.15, 0.2) is 147 Å². The van der Waals surface area contributed by atoms with Crippen LogP contribution in [-0.4, -0.2) is 67.9 Å². The minimum atomic E-state index is -3.76. The molecule has 13 heteroatoms. The maximum atomic E-state index is 5.24. The molecule has 8 rings (SSSR count). The average molecular weight is 653 g/mol. The zero-order valence-electron chi connectivity index (χ0n) is 25.7. The third kappa shape index (κ3) is 5.70.